The van der Waals surface area contributed by atoms with E-state index in [1.807, 2.05) is 58.3 Å². The lowest BCUT2D eigenvalue weighted by Crippen LogP contribution is -2.29. The van der Waals surface area contributed by atoms with E-state index < -0.39 is 0 Å². The van der Waals surface area contributed by atoms with Crippen LogP contribution < -0.4 is 15.1 Å². The van der Waals surface area contributed by atoms with Crippen LogP contribution in [-0.2, 0) is 6.42 Å². The van der Waals surface area contributed by atoms with Crippen molar-refractivity contribution >= 4 is 22.7 Å². The molecule has 0 unspecified atom stereocenters. The molecular formula is C28H37N3O6. The number of rotatable bonds is 14. The topological polar surface area (TPSA) is 140 Å². The van der Waals surface area contributed by atoms with E-state index in [9.17, 15) is 30.6 Å². The molecule has 0 fully saturated rings. The van der Waals surface area contributed by atoms with Crippen molar-refractivity contribution < 1.29 is 30.6 Å². The summed E-state index contributed by atoms with van der Waals surface area (Å²) in [5, 5.41) is 61.7. The quantitative estimate of drug-likeness (QED) is 0.128. The van der Waals surface area contributed by atoms with E-state index in [2.05, 4.69) is 5.32 Å². The Labute approximate surface area is 217 Å². The van der Waals surface area contributed by atoms with Crippen molar-refractivity contribution in [3.8, 4) is 11.5 Å². The van der Waals surface area contributed by atoms with Crippen LogP contribution in [0.5, 0.6) is 11.5 Å². The summed E-state index contributed by atoms with van der Waals surface area (Å²) in [5.41, 5.74) is 4.94. The van der Waals surface area contributed by atoms with Gasteiger partial charge in [0.1, 0.15) is 11.5 Å². The van der Waals surface area contributed by atoms with Gasteiger partial charge in [0, 0.05) is 60.8 Å². The first-order chi connectivity index (χ1) is 17.9. The smallest absolute Gasteiger partial charge is 0.145 e. The molecule has 0 heterocycles. The maximum atomic E-state index is 10.7. The SMILES string of the molecule is Cc1c(O)c(Cc2ccc(N(CCO)CCO)cc2)cc(Nc2ccc(N(CCO)CCO)cc2)c1O. The molecule has 37 heavy (non-hydrogen) atoms. The molecule has 0 aliphatic carbocycles. The maximum absolute atomic E-state index is 10.7. The first-order valence-corrected chi connectivity index (χ1v) is 12.4. The van der Waals surface area contributed by atoms with Crippen LogP contribution in [0.4, 0.5) is 22.7 Å². The second-order valence-corrected chi connectivity index (χ2v) is 8.79. The third-order valence-corrected chi connectivity index (χ3v) is 6.28. The minimum atomic E-state index is -0.0356. The molecule has 0 saturated heterocycles. The number of phenolic OH excluding ortho intramolecular Hbond substituents is 2. The summed E-state index contributed by atoms with van der Waals surface area (Å²) >= 11 is 0. The molecule has 9 heteroatoms. The van der Waals surface area contributed by atoms with Crippen LogP contribution in [-0.4, -0.2) is 83.2 Å². The van der Waals surface area contributed by atoms with Gasteiger partial charge in [-0.05, 0) is 55.0 Å². The minimum absolute atomic E-state index is 0.00944. The normalized spacial score (nSPS) is 10.9. The lowest BCUT2D eigenvalue weighted by atomic mass is 9.99. The molecule has 3 aromatic carbocycles. The fourth-order valence-corrected chi connectivity index (χ4v) is 4.27. The summed E-state index contributed by atoms with van der Waals surface area (Å²) in [5.74, 6) is -0.000165. The molecule has 0 aromatic heterocycles. The molecule has 0 saturated carbocycles. The van der Waals surface area contributed by atoms with Crippen molar-refractivity contribution in [3.05, 3.63) is 71.3 Å². The van der Waals surface area contributed by atoms with Gasteiger partial charge in [-0.15, -0.1) is 0 Å². The molecule has 0 amide bonds. The second-order valence-electron chi connectivity index (χ2n) is 8.79. The van der Waals surface area contributed by atoms with E-state index in [0.29, 0.717) is 49.4 Å². The standard InChI is InChI=1S/C28H37N3O6/c1-20-27(36)22(18-21-2-6-24(7-3-21)30(10-14-32)11-15-33)19-26(28(20)37)29-23-4-8-25(9-5-23)31(12-16-34)13-17-35/h2-9,19,29,32-37H,10-18H2,1H3. The van der Waals surface area contributed by atoms with Crippen LogP contribution in [0.3, 0.4) is 0 Å². The Hall–Kier alpha value is -3.50. The Kier molecular flexibility index (Phi) is 10.4. The Morgan fingerprint density at radius 2 is 1.11 bits per heavy atom. The van der Waals surface area contributed by atoms with Crippen molar-refractivity contribution in [1.29, 1.82) is 0 Å². The lowest BCUT2D eigenvalue weighted by molar-refractivity contribution is 0.280. The van der Waals surface area contributed by atoms with Crippen molar-refractivity contribution in [2.45, 2.75) is 13.3 Å². The van der Waals surface area contributed by atoms with Crippen molar-refractivity contribution in [2.24, 2.45) is 0 Å². The predicted molar refractivity (Wildman–Crippen MR) is 146 cm³/mol. The summed E-state index contributed by atoms with van der Waals surface area (Å²) in [4.78, 5) is 3.77. The molecule has 200 valence electrons. The third-order valence-electron chi connectivity index (χ3n) is 6.28. The van der Waals surface area contributed by atoms with E-state index in [1.54, 1.807) is 13.0 Å². The molecule has 0 atom stereocenters. The summed E-state index contributed by atoms with van der Waals surface area (Å²) in [7, 11) is 0. The summed E-state index contributed by atoms with van der Waals surface area (Å²) in [6.07, 6.45) is 0.443. The summed E-state index contributed by atoms with van der Waals surface area (Å²) in [6.45, 7) is 3.28. The van der Waals surface area contributed by atoms with Crippen LogP contribution in [0, 0.1) is 6.92 Å². The Morgan fingerprint density at radius 1 is 0.649 bits per heavy atom. The number of hydrogen-bond acceptors (Lipinski definition) is 9. The zero-order valence-electron chi connectivity index (χ0n) is 21.1. The second kappa shape index (κ2) is 13.7. The van der Waals surface area contributed by atoms with Gasteiger partial charge in [0.25, 0.3) is 0 Å². The predicted octanol–water partition coefficient (Wildman–Crippen LogP) is 2.32. The maximum Gasteiger partial charge on any atom is 0.145 e. The van der Waals surface area contributed by atoms with Gasteiger partial charge >= 0.3 is 0 Å². The summed E-state index contributed by atoms with van der Waals surface area (Å²) in [6, 6.07) is 16.9. The lowest BCUT2D eigenvalue weighted by Gasteiger charge is -2.23. The van der Waals surface area contributed by atoms with Crippen molar-refractivity contribution in [2.75, 3.05) is 67.7 Å². The zero-order valence-corrected chi connectivity index (χ0v) is 21.1. The molecule has 9 nitrogen and oxygen atoms in total. The number of aliphatic hydroxyl groups is 4. The van der Waals surface area contributed by atoms with E-state index in [1.165, 1.54) is 0 Å². The molecule has 0 radical (unpaired) electrons. The van der Waals surface area contributed by atoms with Gasteiger partial charge in [-0.3, -0.25) is 0 Å². The number of aromatic hydroxyl groups is 2. The van der Waals surface area contributed by atoms with Crippen LogP contribution in [0.2, 0.25) is 0 Å². The van der Waals surface area contributed by atoms with Gasteiger partial charge in [-0.25, -0.2) is 0 Å². The molecular weight excluding hydrogens is 474 g/mol. The number of benzene rings is 3. The molecule has 0 spiro atoms. The van der Waals surface area contributed by atoms with E-state index in [-0.39, 0.29) is 37.9 Å². The van der Waals surface area contributed by atoms with Gasteiger partial charge in [-0.2, -0.15) is 0 Å². The molecule has 0 aliphatic heterocycles. The molecule has 7 N–H and O–H groups in total. The average Bonchev–Trinajstić information content (AvgIpc) is 2.91. The van der Waals surface area contributed by atoms with Crippen LogP contribution in [0.25, 0.3) is 0 Å². The number of phenols is 2. The third kappa shape index (κ3) is 7.27. The molecule has 3 rings (SSSR count). The van der Waals surface area contributed by atoms with Gasteiger partial charge < -0.3 is 45.8 Å². The number of nitrogens with zero attached hydrogens (tertiary/aromatic N) is 2. The fourth-order valence-electron chi connectivity index (χ4n) is 4.27. The first-order valence-electron chi connectivity index (χ1n) is 12.4. The number of aliphatic hydroxyl groups excluding tert-OH is 4. The van der Waals surface area contributed by atoms with Crippen molar-refractivity contribution in [1.82, 2.24) is 0 Å². The fraction of sp³-hybridized carbons (Fsp3) is 0.357. The number of anilines is 4. The molecule has 0 aliphatic rings. The monoisotopic (exact) mass is 511 g/mol. The van der Waals surface area contributed by atoms with Gasteiger partial charge in [0.2, 0.25) is 0 Å². The highest BCUT2D eigenvalue weighted by Gasteiger charge is 2.16. The van der Waals surface area contributed by atoms with Crippen LogP contribution >= 0.6 is 0 Å². The molecule has 0 bridgehead atoms. The first kappa shape index (κ1) is 28.1. The number of nitrogens with one attached hydrogen (secondary N) is 1. The Balaban J connectivity index is 1.79. The largest absolute Gasteiger partial charge is 0.507 e. The van der Waals surface area contributed by atoms with Crippen LogP contribution in [0.1, 0.15) is 16.7 Å². The highest BCUT2D eigenvalue weighted by atomic mass is 16.3. The Bertz CT molecular complexity index is 1020. The van der Waals surface area contributed by atoms with Gasteiger partial charge in [0.15, 0.2) is 0 Å². The summed E-state index contributed by atoms with van der Waals surface area (Å²) < 4.78 is 0. The highest BCUT2D eigenvalue weighted by Crippen LogP contribution is 2.39. The Morgan fingerprint density at radius 3 is 1.57 bits per heavy atom. The average molecular weight is 512 g/mol. The highest BCUT2D eigenvalue weighted by molar-refractivity contribution is 5.72. The van der Waals surface area contributed by atoms with E-state index in [0.717, 1.165) is 22.6 Å². The van der Waals surface area contributed by atoms with E-state index >= 15 is 0 Å². The zero-order chi connectivity index (χ0) is 26.8. The minimum Gasteiger partial charge on any atom is -0.507 e. The van der Waals surface area contributed by atoms with E-state index in [4.69, 9.17) is 0 Å². The van der Waals surface area contributed by atoms with Gasteiger partial charge in [0.05, 0.1) is 32.1 Å². The molecule has 3 aromatic rings. The van der Waals surface area contributed by atoms with Crippen LogP contribution in [0.15, 0.2) is 54.6 Å². The number of hydrogen-bond donors (Lipinski definition) is 7. The van der Waals surface area contributed by atoms with Gasteiger partial charge in [-0.1, -0.05) is 12.1 Å². The van der Waals surface area contributed by atoms with Crippen molar-refractivity contribution in [3.63, 3.8) is 0 Å².